The first kappa shape index (κ1) is 7.53. The van der Waals surface area contributed by atoms with Gasteiger partial charge in [-0.25, -0.2) is 0 Å². The van der Waals surface area contributed by atoms with E-state index in [9.17, 15) is 0 Å². The molecule has 1 heterocycles. The lowest BCUT2D eigenvalue weighted by atomic mass is 10.3. The molecule has 0 aliphatic carbocycles. The van der Waals surface area contributed by atoms with Crippen LogP contribution in [0, 0.1) is 0 Å². The number of nitrogens with zero attached hydrogens (tertiary/aromatic N) is 1. The van der Waals surface area contributed by atoms with E-state index in [2.05, 4.69) is 20.3 Å². The highest BCUT2D eigenvalue weighted by Crippen LogP contribution is 2.28. The minimum absolute atomic E-state index is 0.758. The minimum atomic E-state index is 0.758. The van der Waals surface area contributed by atoms with Crippen molar-refractivity contribution in [2.75, 3.05) is 0 Å². The predicted octanol–water partition coefficient (Wildman–Crippen LogP) is 3.71. The number of aromatic nitrogens is 1. The maximum Gasteiger partial charge on any atom is 0.127 e. The van der Waals surface area contributed by atoms with Gasteiger partial charge in [0.05, 0.1) is 4.70 Å². The lowest BCUT2D eigenvalue weighted by molar-refractivity contribution is 1.53. The zero-order chi connectivity index (χ0) is 7.84. The smallest absolute Gasteiger partial charge is 0.127 e. The van der Waals surface area contributed by atoms with Gasteiger partial charge in [-0.1, -0.05) is 11.6 Å². The van der Waals surface area contributed by atoms with Crippen molar-refractivity contribution >= 4 is 49.1 Å². The fraction of sp³-hybridized carbons (Fsp3) is 0. The molecule has 4 heteroatoms. The molecule has 0 atom stereocenters. The van der Waals surface area contributed by atoms with Crippen molar-refractivity contribution in [2.45, 2.75) is 0 Å². The van der Waals surface area contributed by atoms with Crippen molar-refractivity contribution < 1.29 is 0 Å². The quantitative estimate of drug-likeness (QED) is 0.692. The normalized spacial score (nSPS) is 10.7. The van der Waals surface area contributed by atoms with E-state index >= 15 is 0 Å². The molecule has 0 unspecified atom stereocenters. The molecule has 0 radical (unpaired) electrons. The zero-order valence-electron chi connectivity index (χ0n) is 5.34. The highest BCUT2D eigenvalue weighted by molar-refractivity contribution is 9.10. The fourth-order valence-corrected chi connectivity index (χ4v) is 2.53. The van der Waals surface area contributed by atoms with E-state index in [-0.39, 0.29) is 0 Å². The van der Waals surface area contributed by atoms with Crippen LogP contribution >= 0.6 is 39.1 Å². The Labute approximate surface area is 81.3 Å². The lowest BCUT2D eigenvalue weighted by Gasteiger charge is -1.88. The van der Waals surface area contributed by atoms with E-state index in [0.717, 1.165) is 19.7 Å². The van der Waals surface area contributed by atoms with Crippen molar-refractivity contribution in [2.24, 2.45) is 0 Å². The molecular formula is C7H3BrClNS. The van der Waals surface area contributed by atoms with E-state index in [4.69, 9.17) is 11.6 Å². The van der Waals surface area contributed by atoms with E-state index in [0.29, 0.717) is 0 Å². The number of fused-ring (bicyclic) bond motifs is 1. The van der Waals surface area contributed by atoms with Gasteiger partial charge in [0, 0.05) is 10.4 Å². The molecule has 0 bridgehead atoms. The molecule has 0 amide bonds. The van der Waals surface area contributed by atoms with E-state index in [1.165, 1.54) is 11.5 Å². The third kappa shape index (κ3) is 1.28. The standard InChI is InChI=1S/C7H3BrClNS/c8-7-5-2-1-4(9)3-6(5)11-10-7/h1-3H. The third-order valence-electron chi connectivity index (χ3n) is 1.39. The molecule has 11 heavy (non-hydrogen) atoms. The molecule has 0 spiro atoms. The van der Waals surface area contributed by atoms with Gasteiger partial charge in [-0.15, -0.1) is 0 Å². The summed E-state index contributed by atoms with van der Waals surface area (Å²) in [4.78, 5) is 0. The molecule has 0 saturated heterocycles. The van der Waals surface area contributed by atoms with Crippen LogP contribution in [0.15, 0.2) is 22.8 Å². The molecule has 0 fully saturated rings. The Morgan fingerprint density at radius 3 is 3.09 bits per heavy atom. The summed E-state index contributed by atoms with van der Waals surface area (Å²) < 4.78 is 6.15. The van der Waals surface area contributed by atoms with Crippen LogP contribution in [-0.2, 0) is 0 Å². The van der Waals surface area contributed by atoms with E-state index in [1.807, 2.05) is 18.2 Å². The lowest BCUT2D eigenvalue weighted by Crippen LogP contribution is -1.64. The second kappa shape index (κ2) is 2.73. The molecule has 0 aliphatic heterocycles. The van der Waals surface area contributed by atoms with Crippen LogP contribution in [0.25, 0.3) is 10.1 Å². The van der Waals surface area contributed by atoms with Crippen LogP contribution < -0.4 is 0 Å². The Morgan fingerprint density at radius 1 is 1.45 bits per heavy atom. The SMILES string of the molecule is Clc1ccc2c(Br)nsc2c1. The average molecular weight is 249 g/mol. The summed E-state index contributed by atoms with van der Waals surface area (Å²) in [5.41, 5.74) is 0. The Balaban J connectivity index is 2.86. The molecule has 1 nitrogen and oxygen atoms in total. The molecule has 0 aliphatic rings. The predicted molar refractivity (Wildman–Crippen MR) is 52.3 cm³/mol. The molecule has 2 rings (SSSR count). The summed E-state index contributed by atoms with van der Waals surface area (Å²) in [5.74, 6) is 0. The van der Waals surface area contributed by atoms with Crippen LogP contribution in [-0.4, -0.2) is 4.37 Å². The number of halogens is 2. The van der Waals surface area contributed by atoms with E-state index < -0.39 is 0 Å². The van der Waals surface area contributed by atoms with Crippen molar-refractivity contribution in [3.8, 4) is 0 Å². The second-order valence-corrected chi connectivity index (χ2v) is 4.11. The highest BCUT2D eigenvalue weighted by Gasteiger charge is 2.01. The highest BCUT2D eigenvalue weighted by atomic mass is 79.9. The van der Waals surface area contributed by atoms with Crippen LogP contribution in [0.2, 0.25) is 5.02 Å². The van der Waals surface area contributed by atoms with Gasteiger partial charge in [0.1, 0.15) is 4.60 Å². The maximum absolute atomic E-state index is 5.79. The molecule has 1 aromatic carbocycles. The summed E-state index contributed by atoms with van der Waals surface area (Å²) >= 11 is 10.6. The molecule has 0 saturated carbocycles. The Hall–Kier alpha value is -0.120. The molecule has 1 aromatic heterocycles. The van der Waals surface area contributed by atoms with Gasteiger partial charge >= 0.3 is 0 Å². The molecule has 0 N–H and O–H groups in total. The number of hydrogen-bond acceptors (Lipinski definition) is 2. The summed E-state index contributed by atoms with van der Waals surface area (Å²) in [6, 6.07) is 5.74. The summed E-state index contributed by atoms with van der Waals surface area (Å²) in [7, 11) is 0. The Morgan fingerprint density at radius 2 is 2.27 bits per heavy atom. The first-order valence-corrected chi connectivity index (χ1v) is 4.92. The Bertz CT molecular complexity index is 398. The van der Waals surface area contributed by atoms with Gasteiger partial charge in [-0.3, -0.25) is 0 Å². The number of benzene rings is 1. The number of hydrogen-bond donors (Lipinski definition) is 0. The fourth-order valence-electron chi connectivity index (χ4n) is 0.881. The first-order valence-electron chi connectivity index (χ1n) is 2.98. The Kier molecular flexibility index (Phi) is 1.87. The monoisotopic (exact) mass is 247 g/mol. The molecule has 56 valence electrons. The summed E-state index contributed by atoms with van der Waals surface area (Å²) in [6.07, 6.45) is 0. The number of rotatable bonds is 0. The molecule has 2 aromatic rings. The second-order valence-electron chi connectivity index (χ2n) is 2.11. The van der Waals surface area contributed by atoms with Crippen LogP contribution in [0.1, 0.15) is 0 Å². The van der Waals surface area contributed by atoms with Crippen LogP contribution in [0.4, 0.5) is 0 Å². The maximum atomic E-state index is 5.79. The van der Waals surface area contributed by atoms with Crippen molar-refractivity contribution in [3.63, 3.8) is 0 Å². The topological polar surface area (TPSA) is 12.9 Å². The summed E-state index contributed by atoms with van der Waals surface area (Å²) in [6.45, 7) is 0. The van der Waals surface area contributed by atoms with Crippen molar-refractivity contribution in [1.82, 2.24) is 4.37 Å². The third-order valence-corrected chi connectivity index (χ3v) is 3.27. The van der Waals surface area contributed by atoms with Crippen molar-refractivity contribution in [1.29, 1.82) is 0 Å². The van der Waals surface area contributed by atoms with Crippen LogP contribution in [0.3, 0.4) is 0 Å². The van der Waals surface area contributed by atoms with E-state index in [1.54, 1.807) is 0 Å². The zero-order valence-corrected chi connectivity index (χ0v) is 8.50. The van der Waals surface area contributed by atoms with Gasteiger partial charge in [-0.2, -0.15) is 4.37 Å². The average Bonchev–Trinajstić information content (AvgIpc) is 2.32. The first-order chi connectivity index (χ1) is 5.27. The van der Waals surface area contributed by atoms with Gasteiger partial charge in [0.15, 0.2) is 0 Å². The summed E-state index contributed by atoms with van der Waals surface area (Å²) in [5, 5.41) is 1.88. The van der Waals surface area contributed by atoms with Crippen LogP contribution in [0.5, 0.6) is 0 Å². The largest absolute Gasteiger partial charge is 0.184 e. The molecular weight excluding hydrogens is 246 g/mol. The van der Waals surface area contributed by atoms with Gasteiger partial charge in [-0.05, 0) is 45.7 Å². The van der Waals surface area contributed by atoms with Gasteiger partial charge in [0.2, 0.25) is 0 Å². The minimum Gasteiger partial charge on any atom is -0.184 e. The van der Waals surface area contributed by atoms with Gasteiger partial charge in [0.25, 0.3) is 0 Å². The van der Waals surface area contributed by atoms with Gasteiger partial charge < -0.3 is 0 Å². The van der Waals surface area contributed by atoms with Crippen molar-refractivity contribution in [3.05, 3.63) is 27.8 Å².